The molecule has 1 aliphatic rings. The summed E-state index contributed by atoms with van der Waals surface area (Å²) in [4.78, 5) is 23.7. The predicted octanol–water partition coefficient (Wildman–Crippen LogP) is 2.67. The lowest BCUT2D eigenvalue weighted by molar-refractivity contribution is -0.128. The van der Waals surface area contributed by atoms with E-state index in [4.69, 9.17) is 4.74 Å². The second-order valence-corrected chi connectivity index (χ2v) is 6.17. The fraction of sp³-hybridized carbons (Fsp3) is 0.238. The van der Waals surface area contributed by atoms with E-state index in [0.29, 0.717) is 19.6 Å². The van der Waals surface area contributed by atoms with E-state index in [9.17, 15) is 9.59 Å². The Kier molecular flexibility index (Phi) is 6.04. The van der Waals surface area contributed by atoms with Crippen LogP contribution in [0.5, 0.6) is 5.75 Å². The third-order valence-electron chi connectivity index (χ3n) is 4.14. The van der Waals surface area contributed by atoms with E-state index in [1.54, 1.807) is 6.08 Å². The summed E-state index contributed by atoms with van der Waals surface area (Å²) in [6.45, 7) is 1.17. The van der Waals surface area contributed by atoms with Gasteiger partial charge in [-0.3, -0.25) is 9.59 Å². The van der Waals surface area contributed by atoms with Gasteiger partial charge >= 0.3 is 0 Å². The molecule has 134 valence electrons. The van der Waals surface area contributed by atoms with Crippen molar-refractivity contribution in [2.24, 2.45) is 0 Å². The van der Waals surface area contributed by atoms with E-state index in [2.05, 4.69) is 10.6 Å². The Labute approximate surface area is 153 Å². The van der Waals surface area contributed by atoms with Crippen LogP contribution in [0.25, 0.3) is 6.08 Å². The fourth-order valence-electron chi connectivity index (χ4n) is 2.75. The molecule has 0 radical (unpaired) electrons. The van der Waals surface area contributed by atoms with Crippen LogP contribution in [-0.4, -0.2) is 24.4 Å². The molecule has 2 aromatic rings. The molecule has 2 N–H and O–H groups in total. The lowest BCUT2D eigenvalue weighted by Gasteiger charge is -2.22. The van der Waals surface area contributed by atoms with Crippen molar-refractivity contribution in [1.82, 2.24) is 10.6 Å². The fourth-order valence-corrected chi connectivity index (χ4v) is 2.75. The molecule has 1 heterocycles. The SMILES string of the molecule is O=C(/C=C/c1cccc(OCc2ccccc2)c1)NC1CCCNC1=O. The van der Waals surface area contributed by atoms with Crippen molar-refractivity contribution < 1.29 is 14.3 Å². The zero-order chi connectivity index (χ0) is 18.2. The molecule has 26 heavy (non-hydrogen) atoms. The molecular weight excluding hydrogens is 328 g/mol. The number of amides is 2. The Hall–Kier alpha value is -3.08. The Morgan fingerprint density at radius 2 is 2.04 bits per heavy atom. The number of carbonyl (C=O) groups excluding carboxylic acids is 2. The van der Waals surface area contributed by atoms with Crippen molar-refractivity contribution in [2.75, 3.05) is 6.54 Å². The molecule has 0 saturated carbocycles. The van der Waals surface area contributed by atoms with Gasteiger partial charge in [0.05, 0.1) is 0 Å². The van der Waals surface area contributed by atoms with Crippen LogP contribution >= 0.6 is 0 Å². The summed E-state index contributed by atoms with van der Waals surface area (Å²) in [7, 11) is 0. The van der Waals surface area contributed by atoms with Crippen LogP contribution in [0.15, 0.2) is 60.7 Å². The minimum Gasteiger partial charge on any atom is -0.489 e. The Morgan fingerprint density at radius 1 is 1.19 bits per heavy atom. The first-order chi connectivity index (χ1) is 12.7. The minimum absolute atomic E-state index is 0.116. The standard InChI is InChI=1S/C21H22N2O3/c24-20(23-19-10-5-13-22-21(19)25)12-11-16-8-4-9-18(14-16)26-15-17-6-2-1-3-7-17/h1-4,6-9,11-12,14,19H,5,10,13,15H2,(H,22,25)(H,23,24)/b12-11+. The summed E-state index contributed by atoms with van der Waals surface area (Å²) in [6, 6.07) is 17.0. The van der Waals surface area contributed by atoms with Crippen molar-refractivity contribution in [1.29, 1.82) is 0 Å². The maximum Gasteiger partial charge on any atom is 0.244 e. The van der Waals surface area contributed by atoms with Crippen LogP contribution in [-0.2, 0) is 16.2 Å². The van der Waals surface area contributed by atoms with Crippen LogP contribution < -0.4 is 15.4 Å². The quantitative estimate of drug-likeness (QED) is 0.787. The van der Waals surface area contributed by atoms with E-state index in [-0.39, 0.29) is 11.8 Å². The van der Waals surface area contributed by atoms with Crippen LogP contribution in [0.4, 0.5) is 0 Å². The van der Waals surface area contributed by atoms with Crippen molar-refractivity contribution in [3.05, 3.63) is 71.8 Å². The normalized spacial score (nSPS) is 16.9. The topological polar surface area (TPSA) is 67.4 Å². The zero-order valence-electron chi connectivity index (χ0n) is 14.5. The van der Waals surface area contributed by atoms with Gasteiger partial charge in [0.1, 0.15) is 18.4 Å². The van der Waals surface area contributed by atoms with Gasteiger partial charge in [-0.2, -0.15) is 0 Å². The summed E-state index contributed by atoms with van der Waals surface area (Å²) in [5.41, 5.74) is 1.96. The second-order valence-electron chi connectivity index (χ2n) is 6.17. The molecule has 1 atom stereocenters. The maximum absolute atomic E-state index is 12.0. The number of piperidine rings is 1. The third-order valence-corrected chi connectivity index (χ3v) is 4.14. The van der Waals surface area contributed by atoms with Crippen molar-refractivity contribution in [3.8, 4) is 5.75 Å². The number of ether oxygens (including phenoxy) is 1. The predicted molar refractivity (Wildman–Crippen MR) is 100 cm³/mol. The van der Waals surface area contributed by atoms with Gasteiger partial charge in [-0.25, -0.2) is 0 Å². The summed E-state index contributed by atoms with van der Waals surface area (Å²) in [5.74, 6) is 0.347. The highest BCUT2D eigenvalue weighted by molar-refractivity contribution is 5.95. The maximum atomic E-state index is 12.0. The van der Waals surface area contributed by atoms with Gasteiger partial charge in [0, 0.05) is 12.6 Å². The smallest absolute Gasteiger partial charge is 0.244 e. The molecule has 3 rings (SSSR count). The number of hydrogen-bond acceptors (Lipinski definition) is 3. The minimum atomic E-state index is -0.443. The van der Waals surface area contributed by atoms with Crippen LogP contribution in [0.3, 0.4) is 0 Å². The molecule has 0 aromatic heterocycles. The van der Waals surface area contributed by atoms with Crippen molar-refractivity contribution >= 4 is 17.9 Å². The third kappa shape index (κ3) is 5.21. The molecule has 5 heteroatoms. The number of hydrogen-bond donors (Lipinski definition) is 2. The molecule has 1 aliphatic heterocycles. The number of nitrogens with one attached hydrogen (secondary N) is 2. The molecule has 5 nitrogen and oxygen atoms in total. The van der Waals surface area contributed by atoms with E-state index in [1.165, 1.54) is 6.08 Å². The first-order valence-electron chi connectivity index (χ1n) is 8.74. The van der Waals surface area contributed by atoms with Gasteiger partial charge < -0.3 is 15.4 Å². The average molecular weight is 350 g/mol. The van der Waals surface area contributed by atoms with Crippen molar-refractivity contribution in [3.63, 3.8) is 0 Å². The molecule has 0 aliphatic carbocycles. The van der Waals surface area contributed by atoms with Gasteiger partial charge in [0.25, 0.3) is 0 Å². The van der Waals surface area contributed by atoms with Gasteiger partial charge in [-0.1, -0.05) is 42.5 Å². The zero-order valence-corrected chi connectivity index (χ0v) is 14.5. The highest BCUT2D eigenvalue weighted by Crippen LogP contribution is 2.16. The first kappa shape index (κ1) is 17.7. The molecular formula is C21H22N2O3. The molecule has 1 saturated heterocycles. The van der Waals surface area contributed by atoms with E-state index < -0.39 is 6.04 Å². The van der Waals surface area contributed by atoms with E-state index in [1.807, 2.05) is 54.6 Å². The Morgan fingerprint density at radius 3 is 2.85 bits per heavy atom. The van der Waals surface area contributed by atoms with Gasteiger partial charge in [0.15, 0.2) is 0 Å². The summed E-state index contributed by atoms with van der Waals surface area (Å²) in [5, 5.41) is 5.48. The summed E-state index contributed by atoms with van der Waals surface area (Å²) in [6.07, 6.45) is 4.71. The molecule has 1 fully saturated rings. The Balaban J connectivity index is 1.54. The van der Waals surface area contributed by atoms with Crippen LogP contribution in [0.2, 0.25) is 0 Å². The number of rotatable bonds is 6. The lowest BCUT2D eigenvalue weighted by Crippen LogP contribution is -2.49. The van der Waals surface area contributed by atoms with Gasteiger partial charge in [-0.15, -0.1) is 0 Å². The van der Waals surface area contributed by atoms with E-state index in [0.717, 1.165) is 23.3 Å². The van der Waals surface area contributed by atoms with Crippen molar-refractivity contribution in [2.45, 2.75) is 25.5 Å². The molecule has 1 unspecified atom stereocenters. The van der Waals surface area contributed by atoms with Gasteiger partial charge in [0.2, 0.25) is 11.8 Å². The summed E-state index contributed by atoms with van der Waals surface area (Å²) >= 11 is 0. The largest absolute Gasteiger partial charge is 0.489 e. The molecule has 2 amide bonds. The number of carbonyl (C=O) groups is 2. The molecule has 2 aromatic carbocycles. The second kappa shape index (κ2) is 8.85. The van der Waals surface area contributed by atoms with E-state index >= 15 is 0 Å². The highest BCUT2D eigenvalue weighted by atomic mass is 16.5. The Bertz CT molecular complexity index is 787. The van der Waals surface area contributed by atoms with Crippen LogP contribution in [0.1, 0.15) is 24.0 Å². The van der Waals surface area contributed by atoms with Gasteiger partial charge in [-0.05, 0) is 42.2 Å². The highest BCUT2D eigenvalue weighted by Gasteiger charge is 2.22. The number of benzene rings is 2. The first-order valence-corrected chi connectivity index (χ1v) is 8.74. The molecule has 0 spiro atoms. The van der Waals surface area contributed by atoms with Crippen LogP contribution in [0, 0.1) is 0 Å². The molecule has 0 bridgehead atoms. The lowest BCUT2D eigenvalue weighted by atomic mass is 10.1. The monoisotopic (exact) mass is 350 g/mol. The summed E-state index contributed by atoms with van der Waals surface area (Å²) < 4.78 is 5.79. The average Bonchev–Trinajstić information content (AvgIpc) is 2.68.